The number of pyridine rings is 2. The number of nitrogens with zero attached hydrogens (tertiary/aromatic N) is 4. The van der Waals surface area contributed by atoms with Crippen LogP contribution < -0.4 is 4.90 Å². The number of hydrogen-bond donors (Lipinski definition) is 0. The largest absolute Gasteiger partial charge is 0.309 e. The lowest BCUT2D eigenvalue weighted by atomic mass is 9.99. The van der Waals surface area contributed by atoms with Crippen LogP contribution in [0.5, 0.6) is 0 Å². The fourth-order valence-electron chi connectivity index (χ4n) is 4.90. The Morgan fingerprint density at radius 2 is 1.44 bits per heavy atom. The third-order valence-corrected chi connectivity index (χ3v) is 7.30. The zero-order valence-corrected chi connectivity index (χ0v) is 20.1. The van der Waals surface area contributed by atoms with Crippen molar-refractivity contribution in [1.29, 1.82) is 0 Å². The minimum atomic E-state index is 0.948. The van der Waals surface area contributed by atoms with Crippen molar-refractivity contribution in [2.45, 2.75) is 0 Å². The van der Waals surface area contributed by atoms with E-state index in [1.54, 1.807) is 11.3 Å². The summed E-state index contributed by atoms with van der Waals surface area (Å²) in [7, 11) is 0. The molecule has 36 heavy (non-hydrogen) atoms. The Hall–Kier alpha value is -4.61. The van der Waals surface area contributed by atoms with Crippen LogP contribution in [0, 0.1) is 0 Å². The minimum absolute atomic E-state index is 0.948. The molecule has 1 aliphatic rings. The van der Waals surface area contributed by atoms with E-state index in [0.717, 1.165) is 61.3 Å². The highest BCUT2D eigenvalue weighted by Crippen LogP contribution is 2.51. The van der Waals surface area contributed by atoms with Crippen LogP contribution in [0.1, 0.15) is 0 Å². The van der Waals surface area contributed by atoms with E-state index in [1.165, 1.54) is 0 Å². The summed E-state index contributed by atoms with van der Waals surface area (Å²) in [6, 6.07) is 33.9. The van der Waals surface area contributed by atoms with Crippen molar-refractivity contribution in [1.82, 2.24) is 15.0 Å². The van der Waals surface area contributed by atoms with Crippen LogP contribution in [0.4, 0.5) is 17.1 Å². The summed E-state index contributed by atoms with van der Waals surface area (Å²) in [6.45, 7) is 0. The normalized spacial score (nSPS) is 11.8. The van der Waals surface area contributed by atoms with Crippen molar-refractivity contribution in [2.24, 2.45) is 0 Å². The van der Waals surface area contributed by atoms with Crippen LogP contribution in [0.25, 0.3) is 44.2 Å². The summed E-state index contributed by atoms with van der Waals surface area (Å²) in [5.41, 5.74) is 10.7. The second kappa shape index (κ2) is 8.56. The molecule has 3 aromatic carbocycles. The molecule has 0 N–H and O–H groups in total. The molecule has 3 aromatic heterocycles. The molecule has 0 spiro atoms. The summed E-state index contributed by atoms with van der Waals surface area (Å²) in [5, 5.41) is 3.01. The Kier molecular flexibility index (Phi) is 4.93. The van der Waals surface area contributed by atoms with Crippen molar-refractivity contribution < 1.29 is 0 Å². The zero-order chi connectivity index (χ0) is 23.9. The Balaban J connectivity index is 1.53. The standard InChI is InChI=1S/C31H20N4S/c1-2-12-28-24(9-1)25-10-6-16-33-30(25)26-14-13-22(31-34-17-18-36-31)20-29(26)35(28)23-8-5-7-21(19-23)27-11-3-4-15-32-27/h1-20H. The van der Waals surface area contributed by atoms with Gasteiger partial charge in [-0.05, 0) is 48.5 Å². The van der Waals surface area contributed by atoms with E-state index in [9.17, 15) is 0 Å². The number of fused-ring (bicyclic) bond motifs is 5. The zero-order valence-electron chi connectivity index (χ0n) is 19.2. The van der Waals surface area contributed by atoms with Gasteiger partial charge in [0.25, 0.3) is 0 Å². The second-order valence-corrected chi connectivity index (χ2v) is 9.48. The molecule has 0 atom stereocenters. The van der Waals surface area contributed by atoms with Gasteiger partial charge in [-0.15, -0.1) is 11.3 Å². The molecule has 7 rings (SSSR count). The summed E-state index contributed by atoms with van der Waals surface area (Å²) in [6.07, 6.45) is 5.56. The molecule has 1 aliphatic heterocycles. The average Bonchev–Trinajstić information content (AvgIpc) is 3.46. The SMILES string of the molecule is c1ccc(-c2cccc(N3c4ccccc4-c4cccnc4-c4ccc(-c5nccs5)cc43)c2)nc1. The fourth-order valence-corrected chi connectivity index (χ4v) is 5.53. The maximum Gasteiger partial charge on any atom is 0.123 e. The molecule has 0 bridgehead atoms. The average molecular weight is 481 g/mol. The highest BCUT2D eigenvalue weighted by molar-refractivity contribution is 7.13. The quantitative estimate of drug-likeness (QED) is 0.255. The highest BCUT2D eigenvalue weighted by atomic mass is 32.1. The van der Waals surface area contributed by atoms with Gasteiger partial charge in [0.15, 0.2) is 0 Å². The Morgan fingerprint density at radius 1 is 0.556 bits per heavy atom. The lowest BCUT2D eigenvalue weighted by molar-refractivity contribution is 1.28. The minimum Gasteiger partial charge on any atom is -0.309 e. The van der Waals surface area contributed by atoms with E-state index < -0.39 is 0 Å². The summed E-state index contributed by atoms with van der Waals surface area (Å²) in [5.74, 6) is 0. The second-order valence-electron chi connectivity index (χ2n) is 8.59. The third kappa shape index (κ3) is 3.41. The van der Waals surface area contributed by atoms with Gasteiger partial charge >= 0.3 is 0 Å². The van der Waals surface area contributed by atoms with Gasteiger partial charge < -0.3 is 4.90 Å². The van der Waals surface area contributed by atoms with Gasteiger partial charge in [0, 0.05) is 57.5 Å². The molecule has 0 unspecified atom stereocenters. The summed E-state index contributed by atoms with van der Waals surface area (Å²) < 4.78 is 0. The van der Waals surface area contributed by atoms with Crippen molar-refractivity contribution in [3.8, 4) is 44.2 Å². The molecular formula is C31H20N4S. The molecule has 5 heteroatoms. The first-order valence-corrected chi connectivity index (χ1v) is 12.6. The van der Waals surface area contributed by atoms with Crippen molar-refractivity contribution >= 4 is 28.4 Å². The molecule has 0 saturated carbocycles. The van der Waals surface area contributed by atoms with Crippen LogP contribution in [0.15, 0.2) is 121 Å². The maximum atomic E-state index is 4.86. The lowest BCUT2D eigenvalue weighted by Gasteiger charge is -2.28. The molecule has 6 aromatic rings. The van der Waals surface area contributed by atoms with Gasteiger partial charge in [0.05, 0.1) is 22.8 Å². The number of hydrogen-bond acceptors (Lipinski definition) is 5. The molecule has 4 nitrogen and oxygen atoms in total. The van der Waals surface area contributed by atoms with Crippen LogP contribution in [0.2, 0.25) is 0 Å². The highest BCUT2D eigenvalue weighted by Gasteiger charge is 2.27. The molecule has 0 amide bonds. The van der Waals surface area contributed by atoms with Crippen molar-refractivity contribution in [2.75, 3.05) is 4.90 Å². The molecule has 0 saturated heterocycles. The van der Waals surface area contributed by atoms with E-state index >= 15 is 0 Å². The Labute approximate surface area is 213 Å². The predicted molar refractivity (Wildman–Crippen MR) is 148 cm³/mol. The van der Waals surface area contributed by atoms with Crippen LogP contribution in [-0.4, -0.2) is 15.0 Å². The van der Waals surface area contributed by atoms with Gasteiger partial charge in [-0.2, -0.15) is 0 Å². The number of rotatable bonds is 3. The van der Waals surface area contributed by atoms with Crippen molar-refractivity contribution in [3.05, 3.63) is 121 Å². The summed E-state index contributed by atoms with van der Waals surface area (Å²) >= 11 is 1.65. The Bertz CT molecular complexity index is 1690. The van der Waals surface area contributed by atoms with Gasteiger partial charge in [0.1, 0.15) is 5.01 Å². The number of thiazole rings is 1. The number of aromatic nitrogens is 3. The van der Waals surface area contributed by atoms with Gasteiger partial charge in [-0.1, -0.05) is 48.5 Å². The monoisotopic (exact) mass is 480 g/mol. The van der Waals surface area contributed by atoms with Gasteiger partial charge in [0.2, 0.25) is 0 Å². The van der Waals surface area contributed by atoms with E-state index in [1.807, 2.05) is 48.2 Å². The topological polar surface area (TPSA) is 41.9 Å². The lowest BCUT2D eigenvalue weighted by Crippen LogP contribution is -2.11. The van der Waals surface area contributed by atoms with Gasteiger partial charge in [-0.25, -0.2) is 4.98 Å². The van der Waals surface area contributed by atoms with Crippen LogP contribution >= 0.6 is 11.3 Å². The fraction of sp³-hybridized carbons (Fsp3) is 0. The first kappa shape index (κ1) is 20.7. The first-order chi connectivity index (χ1) is 17.9. The molecule has 4 heterocycles. The molecular weight excluding hydrogens is 460 g/mol. The molecule has 0 radical (unpaired) electrons. The van der Waals surface area contributed by atoms with Gasteiger partial charge in [-0.3, -0.25) is 9.97 Å². The van der Waals surface area contributed by atoms with Crippen LogP contribution in [0.3, 0.4) is 0 Å². The Morgan fingerprint density at radius 3 is 2.33 bits per heavy atom. The van der Waals surface area contributed by atoms with E-state index in [0.29, 0.717) is 0 Å². The van der Waals surface area contributed by atoms with E-state index in [4.69, 9.17) is 4.98 Å². The molecule has 0 fully saturated rings. The van der Waals surface area contributed by atoms with Crippen LogP contribution in [-0.2, 0) is 0 Å². The molecule has 0 aliphatic carbocycles. The first-order valence-electron chi connectivity index (χ1n) is 11.8. The molecule has 170 valence electrons. The number of benzene rings is 3. The predicted octanol–water partition coefficient (Wildman–Crippen LogP) is 8.38. The third-order valence-electron chi connectivity index (χ3n) is 6.48. The number of para-hydroxylation sites is 1. The number of anilines is 3. The smallest absolute Gasteiger partial charge is 0.123 e. The maximum absolute atomic E-state index is 4.86. The van der Waals surface area contributed by atoms with E-state index in [-0.39, 0.29) is 0 Å². The van der Waals surface area contributed by atoms with Crippen molar-refractivity contribution in [3.63, 3.8) is 0 Å². The van der Waals surface area contributed by atoms with E-state index in [2.05, 4.69) is 87.7 Å². The summed E-state index contributed by atoms with van der Waals surface area (Å²) in [4.78, 5) is 16.4.